The van der Waals surface area contributed by atoms with Crippen molar-refractivity contribution >= 4 is 11.7 Å². The Morgan fingerprint density at radius 3 is 2.61 bits per heavy atom. The van der Waals surface area contributed by atoms with Crippen LogP contribution in [0.25, 0.3) is 5.69 Å². The second-order valence-corrected chi connectivity index (χ2v) is 6.27. The van der Waals surface area contributed by atoms with Crippen molar-refractivity contribution in [2.24, 2.45) is 0 Å². The summed E-state index contributed by atoms with van der Waals surface area (Å²) in [5.41, 5.74) is -0.603. The Bertz CT molecular complexity index is 986. The summed E-state index contributed by atoms with van der Waals surface area (Å²) in [6.07, 6.45) is -5.21. The van der Waals surface area contributed by atoms with E-state index >= 15 is 0 Å². The molecule has 2 aromatic rings. The van der Waals surface area contributed by atoms with Crippen molar-refractivity contribution in [1.29, 1.82) is 0 Å². The van der Waals surface area contributed by atoms with Gasteiger partial charge >= 0.3 is 12.2 Å². The molecule has 1 aliphatic heterocycles. The van der Waals surface area contributed by atoms with E-state index in [0.29, 0.717) is 0 Å². The van der Waals surface area contributed by atoms with Crippen LogP contribution in [0.15, 0.2) is 23.0 Å². The highest BCUT2D eigenvalue weighted by molar-refractivity contribution is 5.97. The van der Waals surface area contributed by atoms with Crippen LogP contribution in [0, 0.1) is 5.82 Å². The lowest BCUT2D eigenvalue weighted by molar-refractivity contribution is -0.153. The van der Waals surface area contributed by atoms with Crippen LogP contribution in [-0.4, -0.2) is 34.3 Å². The lowest BCUT2D eigenvalue weighted by Gasteiger charge is -2.17. The average Bonchev–Trinajstić information content (AvgIpc) is 2.93. The number of alkyl halides is 3. The topological polar surface area (TPSA) is 82.4 Å². The first-order valence-electron chi connectivity index (χ1n) is 8.17. The molecule has 0 atom stereocenters. The molecular weight excluding hydrogens is 386 g/mol. The van der Waals surface area contributed by atoms with Crippen molar-refractivity contribution in [3.05, 3.63) is 39.9 Å². The number of fused-ring (bicyclic) bond motifs is 1. The molecule has 1 aromatic heterocycles. The summed E-state index contributed by atoms with van der Waals surface area (Å²) in [6, 6.07) is 2.81. The van der Waals surface area contributed by atoms with Crippen molar-refractivity contribution in [3.63, 3.8) is 0 Å². The third-order valence-corrected chi connectivity index (χ3v) is 3.65. The van der Waals surface area contributed by atoms with Crippen LogP contribution < -0.4 is 20.3 Å². The zero-order chi connectivity index (χ0) is 20.6. The molecule has 3 rings (SSSR count). The summed E-state index contributed by atoms with van der Waals surface area (Å²) >= 11 is 0. The second-order valence-electron chi connectivity index (χ2n) is 6.27. The third kappa shape index (κ3) is 4.07. The molecule has 0 fully saturated rings. The van der Waals surface area contributed by atoms with Crippen LogP contribution in [0.3, 0.4) is 0 Å². The Morgan fingerprint density at radius 1 is 1.29 bits per heavy atom. The molecule has 0 aliphatic carbocycles. The molecule has 1 amide bonds. The van der Waals surface area contributed by atoms with Gasteiger partial charge in [0.15, 0.2) is 18.2 Å². The molecule has 1 aromatic carbocycles. The summed E-state index contributed by atoms with van der Waals surface area (Å²) in [7, 11) is 0. The quantitative estimate of drug-likeness (QED) is 0.779. The molecule has 0 radical (unpaired) electrons. The van der Waals surface area contributed by atoms with Gasteiger partial charge in [0.1, 0.15) is 5.82 Å². The standard InChI is InChI=1S/C17H15F4N3O4/c1-8(2)28-16-23-14-10(6-13(25)22-14)15(26)24(16)9-3-4-12(11(18)5-9)27-7-17(19,20)21/h3-5,8H,6-7H2,1-2H3,(H,22,25). The maximum atomic E-state index is 14.2. The maximum Gasteiger partial charge on any atom is 0.422 e. The first kappa shape index (κ1) is 19.6. The van der Waals surface area contributed by atoms with Crippen LogP contribution in [-0.2, 0) is 11.2 Å². The molecule has 0 saturated heterocycles. The third-order valence-electron chi connectivity index (χ3n) is 3.65. The molecule has 2 heterocycles. The first-order chi connectivity index (χ1) is 13.0. The second kappa shape index (κ2) is 7.13. The number of hydrogen-bond acceptors (Lipinski definition) is 5. The van der Waals surface area contributed by atoms with E-state index in [-0.39, 0.29) is 29.5 Å². The Hall–Kier alpha value is -3.11. The Balaban J connectivity index is 2.05. The molecule has 1 aliphatic rings. The van der Waals surface area contributed by atoms with Crippen LogP contribution in [0.1, 0.15) is 19.4 Å². The van der Waals surface area contributed by atoms with Gasteiger partial charge < -0.3 is 14.8 Å². The van der Waals surface area contributed by atoms with E-state index in [2.05, 4.69) is 15.0 Å². The van der Waals surface area contributed by atoms with Gasteiger partial charge in [-0.05, 0) is 26.0 Å². The monoisotopic (exact) mass is 401 g/mol. The summed E-state index contributed by atoms with van der Waals surface area (Å²) in [5.74, 6) is -2.08. The molecule has 11 heteroatoms. The van der Waals surface area contributed by atoms with Crippen LogP contribution in [0.2, 0.25) is 0 Å². The number of benzene rings is 1. The molecule has 7 nitrogen and oxygen atoms in total. The van der Waals surface area contributed by atoms with Gasteiger partial charge in [-0.15, -0.1) is 0 Å². The fourth-order valence-electron chi connectivity index (χ4n) is 2.56. The molecule has 0 spiro atoms. The fourth-order valence-corrected chi connectivity index (χ4v) is 2.56. The van der Waals surface area contributed by atoms with E-state index in [1.165, 1.54) is 6.07 Å². The van der Waals surface area contributed by atoms with Crippen molar-refractivity contribution in [2.75, 3.05) is 11.9 Å². The van der Waals surface area contributed by atoms with Crippen LogP contribution >= 0.6 is 0 Å². The number of carbonyl (C=O) groups excluding carboxylic acids is 1. The normalized spacial score (nSPS) is 13.5. The SMILES string of the molecule is CC(C)Oc1nc2c(c(=O)n1-c1ccc(OCC(F)(F)F)c(F)c1)CC(=O)N2. The number of nitrogens with zero attached hydrogens (tertiary/aromatic N) is 2. The van der Waals surface area contributed by atoms with E-state index in [9.17, 15) is 27.2 Å². The zero-order valence-corrected chi connectivity index (χ0v) is 14.8. The Morgan fingerprint density at radius 2 is 2.00 bits per heavy atom. The smallest absolute Gasteiger partial charge is 0.422 e. The van der Waals surface area contributed by atoms with Crippen molar-refractivity contribution in [1.82, 2.24) is 9.55 Å². The Kier molecular flexibility index (Phi) is 5.01. The summed E-state index contributed by atoms with van der Waals surface area (Å²) < 4.78 is 61.9. The lowest BCUT2D eigenvalue weighted by Crippen LogP contribution is -2.26. The number of rotatable bonds is 5. The number of anilines is 1. The average molecular weight is 401 g/mol. The molecule has 150 valence electrons. The number of amides is 1. The van der Waals surface area contributed by atoms with E-state index in [1.807, 2.05) is 0 Å². The predicted octanol–water partition coefficient (Wildman–Crippen LogP) is 2.59. The molecule has 1 N–H and O–H groups in total. The highest BCUT2D eigenvalue weighted by Gasteiger charge is 2.30. The first-order valence-corrected chi connectivity index (χ1v) is 8.17. The van der Waals surface area contributed by atoms with E-state index in [1.54, 1.807) is 13.8 Å². The van der Waals surface area contributed by atoms with Gasteiger partial charge in [-0.2, -0.15) is 18.2 Å². The summed E-state index contributed by atoms with van der Waals surface area (Å²) in [5, 5.41) is 2.44. The van der Waals surface area contributed by atoms with Gasteiger partial charge in [0, 0.05) is 6.07 Å². The highest BCUT2D eigenvalue weighted by atomic mass is 19.4. The number of carbonyl (C=O) groups is 1. The maximum absolute atomic E-state index is 14.2. The number of halogens is 4. The highest BCUT2D eigenvalue weighted by Crippen LogP contribution is 2.27. The molecule has 0 bridgehead atoms. The molecule has 28 heavy (non-hydrogen) atoms. The fraction of sp³-hybridized carbons (Fsp3) is 0.353. The minimum absolute atomic E-state index is 0.0350. The van der Waals surface area contributed by atoms with Crippen molar-refractivity contribution < 1.29 is 31.8 Å². The molecular formula is C17H15F4N3O4. The number of hydrogen-bond donors (Lipinski definition) is 1. The predicted molar refractivity (Wildman–Crippen MR) is 89.4 cm³/mol. The van der Waals surface area contributed by atoms with Gasteiger partial charge in [0.25, 0.3) is 5.56 Å². The number of ether oxygens (including phenoxy) is 2. The number of nitrogens with one attached hydrogen (secondary N) is 1. The zero-order valence-electron chi connectivity index (χ0n) is 14.8. The summed E-state index contributed by atoms with van der Waals surface area (Å²) in [4.78, 5) is 28.5. The molecule has 0 unspecified atom stereocenters. The van der Waals surface area contributed by atoms with Gasteiger partial charge in [-0.1, -0.05) is 0 Å². The minimum atomic E-state index is -4.62. The van der Waals surface area contributed by atoms with Gasteiger partial charge in [-0.3, -0.25) is 9.59 Å². The van der Waals surface area contributed by atoms with Crippen molar-refractivity contribution in [2.45, 2.75) is 32.5 Å². The van der Waals surface area contributed by atoms with E-state index < -0.39 is 41.9 Å². The molecule has 0 saturated carbocycles. The van der Waals surface area contributed by atoms with Crippen LogP contribution in [0.5, 0.6) is 11.8 Å². The summed E-state index contributed by atoms with van der Waals surface area (Å²) in [6.45, 7) is 1.70. The van der Waals surface area contributed by atoms with E-state index in [4.69, 9.17) is 4.74 Å². The largest absolute Gasteiger partial charge is 0.481 e. The number of aromatic nitrogens is 2. The van der Waals surface area contributed by atoms with Gasteiger partial charge in [0.2, 0.25) is 5.91 Å². The Labute approximate surface area is 155 Å². The van der Waals surface area contributed by atoms with Crippen molar-refractivity contribution in [3.8, 4) is 17.4 Å². The van der Waals surface area contributed by atoms with Gasteiger partial charge in [0.05, 0.1) is 23.8 Å². The minimum Gasteiger partial charge on any atom is -0.481 e. The van der Waals surface area contributed by atoms with E-state index in [0.717, 1.165) is 16.7 Å². The lowest BCUT2D eigenvalue weighted by atomic mass is 10.2. The van der Waals surface area contributed by atoms with Crippen LogP contribution in [0.4, 0.5) is 23.4 Å². The van der Waals surface area contributed by atoms with Gasteiger partial charge in [-0.25, -0.2) is 8.96 Å².